The molecule has 0 amide bonds. The molecule has 0 aromatic rings. The minimum absolute atomic E-state index is 0.135. The van der Waals surface area contributed by atoms with E-state index in [9.17, 15) is 0 Å². The summed E-state index contributed by atoms with van der Waals surface area (Å²) in [5.74, 6) is -0.271. The molecule has 0 aromatic carbocycles. The molecule has 1 aliphatic rings. The highest BCUT2D eigenvalue weighted by atomic mass is 35.5. The van der Waals surface area contributed by atoms with Gasteiger partial charge in [0.15, 0.2) is 6.29 Å². The van der Waals surface area contributed by atoms with Crippen LogP contribution < -0.4 is 0 Å². The first-order chi connectivity index (χ1) is 7.45. The second-order valence-corrected chi connectivity index (χ2v) is 5.91. The molecule has 0 bridgehead atoms. The molecule has 2 unspecified atom stereocenters. The molecule has 0 aliphatic heterocycles. The topological polar surface area (TPSA) is 18.5 Å². The van der Waals surface area contributed by atoms with Crippen LogP contribution in [0.5, 0.6) is 0 Å². The Morgan fingerprint density at radius 1 is 1.25 bits per heavy atom. The van der Waals surface area contributed by atoms with Crippen molar-refractivity contribution in [1.82, 2.24) is 0 Å². The first-order valence-electron chi connectivity index (χ1n) is 5.08. The van der Waals surface area contributed by atoms with Gasteiger partial charge in [0.25, 0.3) is 0 Å². The standard InChI is InChI=1S/C10H14Cl4O2/c1-3-15-9(16-4-2)8-6(5-7(11)12)10(8,13)14/h5-6,8-9H,3-4H2,1-2H3. The van der Waals surface area contributed by atoms with Gasteiger partial charge in [-0.2, -0.15) is 0 Å². The molecule has 1 fully saturated rings. The van der Waals surface area contributed by atoms with Crippen molar-refractivity contribution in [3.8, 4) is 0 Å². The fourth-order valence-corrected chi connectivity index (χ4v) is 2.68. The zero-order valence-electron chi connectivity index (χ0n) is 9.05. The van der Waals surface area contributed by atoms with Crippen molar-refractivity contribution in [1.29, 1.82) is 0 Å². The van der Waals surface area contributed by atoms with Gasteiger partial charge in [-0.25, -0.2) is 0 Å². The molecule has 6 heteroatoms. The van der Waals surface area contributed by atoms with Gasteiger partial charge in [-0.1, -0.05) is 23.2 Å². The maximum atomic E-state index is 6.13. The molecular formula is C10H14Cl4O2. The Bertz CT molecular complexity index is 258. The number of halogens is 4. The summed E-state index contributed by atoms with van der Waals surface area (Å²) < 4.78 is 10.1. The largest absolute Gasteiger partial charge is 0.353 e. The van der Waals surface area contributed by atoms with E-state index < -0.39 is 10.6 Å². The summed E-state index contributed by atoms with van der Waals surface area (Å²) in [7, 11) is 0. The van der Waals surface area contributed by atoms with Crippen molar-refractivity contribution in [2.45, 2.75) is 24.5 Å². The van der Waals surface area contributed by atoms with E-state index in [2.05, 4.69) is 0 Å². The van der Waals surface area contributed by atoms with Gasteiger partial charge in [0.1, 0.15) is 8.82 Å². The van der Waals surface area contributed by atoms with Crippen LogP contribution in [0.4, 0.5) is 0 Å². The lowest BCUT2D eigenvalue weighted by Gasteiger charge is -2.16. The maximum Gasteiger partial charge on any atom is 0.163 e. The number of allylic oxidation sites excluding steroid dienone is 1. The van der Waals surface area contributed by atoms with Gasteiger partial charge in [0.05, 0.1) is 5.92 Å². The van der Waals surface area contributed by atoms with Crippen molar-refractivity contribution in [2.75, 3.05) is 13.2 Å². The molecule has 0 radical (unpaired) electrons. The van der Waals surface area contributed by atoms with Gasteiger partial charge in [-0.15, -0.1) is 23.2 Å². The van der Waals surface area contributed by atoms with Crippen LogP contribution in [0.1, 0.15) is 13.8 Å². The molecule has 0 N–H and O–H groups in total. The molecule has 2 atom stereocenters. The van der Waals surface area contributed by atoms with E-state index in [0.29, 0.717) is 13.2 Å². The molecule has 0 spiro atoms. The molecule has 1 aliphatic carbocycles. The molecule has 16 heavy (non-hydrogen) atoms. The Hall–Kier alpha value is 0.820. The average Bonchev–Trinajstić information content (AvgIpc) is 2.67. The zero-order valence-corrected chi connectivity index (χ0v) is 12.1. The van der Waals surface area contributed by atoms with Crippen LogP contribution in [0.15, 0.2) is 10.6 Å². The van der Waals surface area contributed by atoms with Crippen molar-refractivity contribution < 1.29 is 9.47 Å². The molecule has 0 saturated heterocycles. The maximum absolute atomic E-state index is 6.13. The lowest BCUT2D eigenvalue weighted by atomic mass is 10.3. The van der Waals surface area contributed by atoms with Gasteiger partial charge in [-0.3, -0.25) is 0 Å². The zero-order chi connectivity index (χ0) is 12.3. The smallest absolute Gasteiger partial charge is 0.163 e. The second kappa shape index (κ2) is 6.12. The molecule has 94 valence electrons. The Labute approximate surface area is 116 Å². The summed E-state index contributed by atoms with van der Waals surface area (Å²) in [4.78, 5) is 0. The highest BCUT2D eigenvalue weighted by molar-refractivity contribution is 6.56. The Kier molecular flexibility index (Phi) is 5.69. The van der Waals surface area contributed by atoms with Crippen molar-refractivity contribution in [3.63, 3.8) is 0 Å². The quantitative estimate of drug-likeness (QED) is 0.543. The van der Waals surface area contributed by atoms with Crippen molar-refractivity contribution in [2.24, 2.45) is 11.8 Å². The Morgan fingerprint density at radius 3 is 2.12 bits per heavy atom. The monoisotopic (exact) mass is 306 g/mol. The molecule has 1 rings (SSSR count). The van der Waals surface area contributed by atoms with Gasteiger partial charge < -0.3 is 9.47 Å². The minimum Gasteiger partial charge on any atom is -0.353 e. The van der Waals surface area contributed by atoms with E-state index in [-0.39, 0.29) is 16.3 Å². The van der Waals surface area contributed by atoms with Crippen LogP contribution in [0.25, 0.3) is 0 Å². The Morgan fingerprint density at radius 2 is 1.75 bits per heavy atom. The fourth-order valence-electron chi connectivity index (χ4n) is 1.66. The number of rotatable bonds is 6. The summed E-state index contributed by atoms with van der Waals surface area (Å²) in [5.41, 5.74) is 0. The summed E-state index contributed by atoms with van der Waals surface area (Å²) in [5, 5.41) is 0. The van der Waals surface area contributed by atoms with E-state index in [4.69, 9.17) is 55.9 Å². The normalized spacial score (nSPS) is 26.9. The summed E-state index contributed by atoms with van der Waals surface area (Å²) in [6, 6.07) is 0. The highest BCUT2D eigenvalue weighted by Gasteiger charge is 2.66. The molecule has 1 saturated carbocycles. The predicted octanol–water partition coefficient (Wildman–Crippen LogP) is 4.12. The summed E-state index contributed by atoms with van der Waals surface area (Å²) in [6.07, 6.45) is 1.21. The number of ether oxygens (including phenoxy) is 2. The SMILES string of the molecule is CCOC(OCC)C1C(C=C(Cl)Cl)C1(Cl)Cl. The van der Waals surface area contributed by atoms with Crippen LogP contribution >= 0.6 is 46.4 Å². The van der Waals surface area contributed by atoms with Crippen molar-refractivity contribution in [3.05, 3.63) is 10.6 Å². The predicted molar refractivity (Wildman–Crippen MR) is 68.2 cm³/mol. The van der Waals surface area contributed by atoms with Gasteiger partial charge in [-0.05, 0) is 19.9 Å². The molecule has 0 aromatic heterocycles. The summed E-state index contributed by atoms with van der Waals surface area (Å²) >= 11 is 23.4. The highest BCUT2D eigenvalue weighted by Crippen LogP contribution is 2.62. The number of hydrogen-bond donors (Lipinski definition) is 0. The first kappa shape index (κ1) is 14.9. The summed E-state index contributed by atoms with van der Waals surface area (Å²) in [6.45, 7) is 4.85. The van der Waals surface area contributed by atoms with E-state index in [1.165, 1.54) is 0 Å². The third-order valence-corrected chi connectivity index (χ3v) is 3.69. The van der Waals surface area contributed by atoms with Crippen LogP contribution in [-0.4, -0.2) is 23.8 Å². The fraction of sp³-hybridized carbons (Fsp3) is 0.800. The van der Waals surface area contributed by atoms with Crippen LogP contribution in [-0.2, 0) is 9.47 Å². The van der Waals surface area contributed by atoms with Gasteiger partial charge in [0, 0.05) is 19.1 Å². The third kappa shape index (κ3) is 3.41. The van der Waals surface area contributed by atoms with E-state index in [1.54, 1.807) is 6.08 Å². The van der Waals surface area contributed by atoms with Crippen LogP contribution in [0.3, 0.4) is 0 Å². The minimum atomic E-state index is -0.913. The molecular weight excluding hydrogens is 294 g/mol. The van der Waals surface area contributed by atoms with Crippen LogP contribution in [0, 0.1) is 11.8 Å². The molecule has 0 heterocycles. The van der Waals surface area contributed by atoms with E-state index in [0.717, 1.165) is 0 Å². The lowest BCUT2D eigenvalue weighted by molar-refractivity contribution is -0.150. The first-order valence-corrected chi connectivity index (χ1v) is 6.60. The van der Waals surface area contributed by atoms with Crippen molar-refractivity contribution >= 4 is 46.4 Å². The second-order valence-electron chi connectivity index (χ2n) is 3.46. The van der Waals surface area contributed by atoms with E-state index >= 15 is 0 Å². The van der Waals surface area contributed by atoms with Gasteiger partial charge >= 0.3 is 0 Å². The average molecular weight is 308 g/mol. The Balaban J connectivity index is 2.68. The lowest BCUT2D eigenvalue weighted by Crippen LogP contribution is -2.22. The van der Waals surface area contributed by atoms with Crippen LogP contribution in [0.2, 0.25) is 0 Å². The van der Waals surface area contributed by atoms with Gasteiger partial charge in [0.2, 0.25) is 0 Å². The van der Waals surface area contributed by atoms with E-state index in [1.807, 2.05) is 13.8 Å². The number of hydrogen-bond acceptors (Lipinski definition) is 2. The third-order valence-electron chi connectivity index (χ3n) is 2.43. The molecule has 2 nitrogen and oxygen atoms in total. The number of alkyl halides is 2.